The first kappa shape index (κ1) is 22.2. The first-order valence-electron chi connectivity index (χ1n) is 13.2. The number of piperidine rings is 1. The van der Waals surface area contributed by atoms with E-state index in [1.165, 1.54) is 22.2 Å². The van der Waals surface area contributed by atoms with Crippen molar-refractivity contribution in [1.29, 1.82) is 0 Å². The van der Waals surface area contributed by atoms with Gasteiger partial charge in [-0.1, -0.05) is 48.5 Å². The molecule has 1 unspecified atom stereocenters. The summed E-state index contributed by atoms with van der Waals surface area (Å²) in [7, 11) is 0. The molecule has 0 bridgehead atoms. The first-order valence-corrected chi connectivity index (χ1v) is 13.2. The number of carbonyl (C=O) groups is 1. The predicted molar refractivity (Wildman–Crippen MR) is 146 cm³/mol. The van der Waals surface area contributed by atoms with Gasteiger partial charge in [0.05, 0.1) is 17.9 Å². The van der Waals surface area contributed by atoms with Crippen molar-refractivity contribution < 1.29 is 9.53 Å². The van der Waals surface area contributed by atoms with Crippen molar-refractivity contribution in [2.45, 2.75) is 31.6 Å². The van der Waals surface area contributed by atoms with Gasteiger partial charge in [-0.25, -0.2) is 0 Å². The molecule has 0 radical (unpaired) electrons. The van der Waals surface area contributed by atoms with Gasteiger partial charge in [0.1, 0.15) is 24.2 Å². The fourth-order valence-electron chi connectivity index (χ4n) is 6.11. The number of benzene rings is 3. The SMILES string of the molecule is NC1CCCN(C(=O)c2cc3c4c(c2)OCCN4[C@H](c2cc4ccccc4n2Cc2ccccc2)N3)C1. The van der Waals surface area contributed by atoms with Crippen LogP contribution in [0.3, 0.4) is 0 Å². The van der Waals surface area contributed by atoms with Crippen LogP contribution in [0.5, 0.6) is 5.75 Å². The van der Waals surface area contributed by atoms with E-state index in [4.69, 9.17) is 10.5 Å². The van der Waals surface area contributed by atoms with E-state index in [1.807, 2.05) is 17.0 Å². The van der Waals surface area contributed by atoms with E-state index in [2.05, 4.69) is 75.4 Å². The van der Waals surface area contributed by atoms with Crippen molar-refractivity contribution in [2.24, 2.45) is 5.73 Å². The summed E-state index contributed by atoms with van der Waals surface area (Å²) in [5.74, 6) is 0.799. The Hall–Kier alpha value is -3.97. The monoisotopic (exact) mass is 493 g/mol. The minimum Gasteiger partial charge on any atom is -0.489 e. The molecule has 3 N–H and O–H groups in total. The summed E-state index contributed by atoms with van der Waals surface area (Å²) < 4.78 is 8.51. The zero-order valence-electron chi connectivity index (χ0n) is 20.8. The molecular formula is C30H31N5O2. The van der Waals surface area contributed by atoms with Crippen LogP contribution in [0.25, 0.3) is 10.9 Å². The second-order valence-corrected chi connectivity index (χ2v) is 10.3. The van der Waals surface area contributed by atoms with Crippen LogP contribution < -0.4 is 20.7 Å². The predicted octanol–water partition coefficient (Wildman–Crippen LogP) is 4.58. The maximum atomic E-state index is 13.4. The Balaban J connectivity index is 1.27. The summed E-state index contributed by atoms with van der Waals surface area (Å²) in [6, 6.07) is 25.4. The Morgan fingerprint density at radius 3 is 2.73 bits per heavy atom. The molecule has 7 heteroatoms. The maximum Gasteiger partial charge on any atom is 0.254 e. The third-order valence-corrected chi connectivity index (χ3v) is 7.85. The standard InChI is InChI=1S/C30H31N5O2/c31-23-10-6-12-33(19-23)30(36)22-15-24-28-27(17-22)37-14-13-34(28)29(32-24)26-16-21-9-4-5-11-25(21)35(26)18-20-7-2-1-3-8-20/h1-5,7-9,11,15-17,23,29,32H,6,10,12-14,18-19,31H2/t23?,29-/m1/s1. The molecule has 1 fully saturated rings. The molecule has 7 rings (SSSR count). The Labute approximate surface area is 216 Å². The zero-order chi connectivity index (χ0) is 24.9. The van der Waals surface area contributed by atoms with Crippen molar-refractivity contribution >= 4 is 28.2 Å². The van der Waals surface area contributed by atoms with E-state index < -0.39 is 0 Å². The molecule has 188 valence electrons. The van der Waals surface area contributed by atoms with E-state index in [0.29, 0.717) is 18.7 Å². The molecule has 1 saturated heterocycles. The van der Waals surface area contributed by atoms with E-state index in [9.17, 15) is 4.79 Å². The highest BCUT2D eigenvalue weighted by Gasteiger charge is 2.38. The quantitative estimate of drug-likeness (QED) is 0.435. The van der Waals surface area contributed by atoms with Gasteiger partial charge < -0.3 is 30.2 Å². The summed E-state index contributed by atoms with van der Waals surface area (Å²) in [6.07, 6.45) is 1.86. The van der Waals surface area contributed by atoms with E-state index in [0.717, 1.165) is 49.6 Å². The molecule has 3 aliphatic heterocycles. The number of para-hydroxylation sites is 1. The van der Waals surface area contributed by atoms with E-state index in [-0.39, 0.29) is 18.1 Å². The van der Waals surface area contributed by atoms with Crippen LogP contribution in [0.2, 0.25) is 0 Å². The van der Waals surface area contributed by atoms with Crippen LogP contribution in [-0.4, -0.2) is 47.7 Å². The number of anilines is 2. The van der Waals surface area contributed by atoms with Crippen LogP contribution in [0, 0.1) is 0 Å². The van der Waals surface area contributed by atoms with Gasteiger partial charge in [0, 0.05) is 42.1 Å². The summed E-state index contributed by atoms with van der Waals surface area (Å²) in [6.45, 7) is 3.50. The number of nitrogens with zero attached hydrogens (tertiary/aromatic N) is 3. The molecule has 3 aromatic carbocycles. The second-order valence-electron chi connectivity index (χ2n) is 10.3. The van der Waals surface area contributed by atoms with Gasteiger partial charge >= 0.3 is 0 Å². The molecular weight excluding hydrogens is 462 g/mol. The molecule has 2 atom stereocenters. The number of aromatic nitrogens is 1. The summed E-state index contributed by atoms with van der Waals surface area (Å²) in [5, 5.41) is 4.98. The molecule has 37 heavy (non-hydrogen) atoms. The lowest BCUT2D eigenvalue weighted by molar-refractivity contribution is 0.0708. The summed E-state index contributed by atoms with van der Waals surface area (Å²) in [4.78, 5) is 17.7. The van der Waals surface area contributed by atoms with Crippen molar-refractivity contribution in [3.63, 3.8) is 0 Å². The fourth-order valence-corrected chi connectivity index (χ4v) is 6.11. The van der Waals surface area contributed by atoms with Gasteiger partial charge in [0.15, 0.2) is 0 Å². The molecule has 4 aromatic rings. The number of ether oxygens (including phenoxy) is 1. The van der Waals surface area contributed by atoms with Gasteiger partial charge in [-0.15, -0.1) is 0 Å². The number of hydrogen-bond acceptors (Lipinski definition) is 5. The number of carbonyl (C=O) groups excluding carboxylic acids is 1. The Morgan fingerprint density at radius 1 is 1.03 bits per heavy atom. The Bertz CT molecular complexity index is 1480. The highest BCUT2D eigenvalue weighted by atomic mass is 16.5. The van der Waals surface area contributed by atoms with Crippen LogP contribution in [0.1, 0.15) is 40.6 Å². The Morgan fingerprint density at radius 2 is 1.86 bits per heavy atom. The number of hydrogen-bond donors (Lipinski definition) is 2. The second kappa shape index (κ2) is 8.85. The van der Waals surface area contributed by atoms with Crippen molar-refractivity contribution in [3.05, 3.63) is 89.6 Å². The lowest BCUT2D eigenvalue weighted by Crippen LogP contribution is -2.45. The van der Waals surface area contributed by atoms with Crippen molar-refractivity contribution in [1.82, 2.24) is 9.47 Å². The van der Waals surface area contributed by atoms with Crippen LogP contribution in [-0.2, 0) is 6.54 Å². The largest absolute Gasteiger partial charge is 0.489 e. The summed E-state index contributed by atoms with van der Waals surface area (Å²) >= 11 is 0. The van der Waals surface area contributed by atoms with Gasteiger partial charge in [-0.3, -0.25) is 4.79 Å². The topological polar surface area (TPSA) is 75.8 Å². The van der Waals surface area contributed by atoms with Gasteiger partial charge in [0.2, 0.25) is 0 Å². The van der Waals surface area contributed by atoms with Crippen LogP contribution in [0.4, 0.5) is 11.4 Å². The average Bonchev–Trinajstić information content (AvgIpc) is 3.48. The molecule has 4 heterocycles. The lowest BCUT2D eigenvalue weighted by Gasteiger charge is -2.33. The average molecular weight is 494 g/mol. The fraction of sp³-hybridized carbons (Fsp3) is 0.300. The molecule has 0 aliphatic carbocycles. The lowest BCUT2D eigenvalue weighted by atomic mass is 10.0. The molecule has 7 nitrogen and oxygen atoms in total. The number of likely N-dealkylation sites (tertiary alicyclic amines) is 1. The highest BCUT2D eigenvalue weighted by molar-refractivity contribution is 5.99. The summed E-state index contributed by atoms with van der Waals surface area (Å²) in [5.41, 5.74) is 12.5. The number of amides is 1. The molecule has 0 saturated carbocycles. The third kappa shape index (κ3) is 3.81. The molecule has 1 aromatic heterocycles. The minimum absolute atomic E-state index is 0.0263. The number of rotatable bonds is 4. The van der Waals surface area contributed by atoms with Gasteiger partial charge in [0.25, 0.3) is 5.91 Å². The first-order chi connectivity index (χ1) is 18.2. The smallest absolute Gasteiger partial charge is 0.254 e. The molecule has 0 spiro atoms. The van der Waals surface area contributed by atoms with Crippen molar-refractivity contribution in [3.8, 4) is 5.75 Å². The van der Waals surface area contributed by atoms with Crippen LogP contribution in [0.15, 0.2) is 72.8 Å². The third-order valence-electron chi connectivity index (χ3n) is 7.85. The number of fused-ring (bicyclic) bond motifs is 1. The van der Waals surface area contributed by atoms with Gasteiger partial charge in [-0.2, -0.15) is 0 Å². The Kier molecular flexibility index (Phi) is 5.32. The molecule has 3 aliphatic rings. The number of nitrogens with one attached hydrogen (secondary N) is 1. The van der Waals surface area contributed by atoms with E-state index in [1.54, 1.807) is 0 Å². The van der Waals surface area contributed by atoms with Crippen molar-refractivity contribution in [2.75, 3.05) is 36.5 Å². The van der Waals surface area contributed by atoms with E-state index >= 15 is 0 Å². The normalized spacial score (nSPS) is 20.5. The van der Waals surface area contributed by atoms with Gasteiger partial charge in [-0.05, 0) is 42.7 Å². The number of nitrogens with two attached hydrogens (primary N) is 1. The molecule has 1 amide bonds. The zero-order valence-corrected chi connectivity index (χ0v) is 20.8. The van der Waals surface area contributed by atoms with Crippen LogP contribution >= 0.6 is 0 Å². The minimum atomic E-state index is -0.0532. The maximum absolute atomic E-state index is 13.4. The highest BCUT2D eigenvalue weighted by Crippen LogP contribution is 2.50.